The molecule has 9 nitrogen and oxygen atoms in total. The van der Waals surface area contributed by atoms with Crippen LogP contribution in [-0.2, 0) is 10.0 Å². The summed E-state index contributed by atoms with van der Waals surface area (Å²) in [5, 5.41) is 8.93. The Bertz CT molecular complexity index is 985. The first-order valence-corrected chi connectivity index (χ1v) is 8.20. The molecule has 2 rings (SSSR count). The van der Waals surface area contributed by atoms with E-state index in [0.717, 1.165) is 18.2 Å². The van der Waals surface area contributed by atoms with Crippen molar-refractivity contribution in [2.24, 2.45) is 11.5 Å². The third-order valence-corrected chi connectivity index (χ3v) is 4.57. The highest BCUT2D eigenvalue weighted by atomic mass is 32.2. The summed E-state index contributed by atoms with van der Waals surface area (Å²) in [6.45, 7) is 0. The van der Waals surface area contributed by atoms with Gasteiger partial charge in [0.05, 0.1) is 21.6 Å². The molecule has 0 spiro atoms. The molecule has 0 heterocycles. The zero-order chi connectivity index (χ0) is 18.8. The van der Waals surface area contributed by atoms with Crippen molar-refractivity contribution in [2.75, 3.05) is 4.72 Å². The smallest absolute Gasteiger partial charge is 0.335 e. The van der Waals surface area contributed by atoms with E-state index in [1.165, 1.54) is 24.3 Å². The number of carboxylic acid groups (broad SMARTS) is 1. The zero-order valence-corrected chi connectivity index (χ0v) is 13.4. The molecule has 0 aliphatic heterocycles. The van der Waals surface area contributed by atoms with Crippen molar-refractivity contribution in [3.05, 3.63) is 59.2 Å². The Balaban J connectivity index is 2.43. The Morgan fingerprint density at radius 2 is 1.56 bits per heavy atom. The van der Waals surface area contributed by atoms with Gasteiger partial charge in [-0.3, -0.25) is 14.3 Å². The van der Waals surface area contributed by atoms with E-state index in [1.807, 2.05) is 0 Å². The van der Waals surface area contributed by atoms with Crippen molar-refractivity contribution in [1.82, 2.24) is 0 Å². The Labute approximate surface area is 142 Å². The van der Waals surface area contributed by atoms with Gasteiger partial charge in [0.25, 0.3) is 10.0 Å². The van der Waals surface area contributed by atoms with Crippen LogP contribution in [-0.4, -0.2) is 31.3 Å². The van der Waals surface area contributed by atoms with Crippen LogP contribution >= 0.6 is 0 Å². The summed E-state index contributed by atoms with van der Waals surface area (Å²) in [5.41, 5.74) is 9.65. The van der Waals surface area contributed by atoms with Crippen molar-refractivity contribution in [1.29, 1.82) is 0 Å². The second-order valence-electron chi connectivity index (χ2n) is 4.93. The van der Waals surface area contributed by atoms with E-state index in [9.17, 15) is 22.8 Å². The number of primary amides is 2. The van der Waals surface area contributed by atoms with Gasteiger partial charge in [0.1, 0.15) is 0 Å². The number of aromatic carboxylic acids is 1. The molecule has 0 aromatic heterocycles. The summed E-state index contributed by atoms with van der Waals surface area (Å²) in [5.74, 6) is -3.13. The van der Waals surface area contributed by atoms with E-state index in [2.05, 4.69) is 4.72 Å². The maximum Gasteiger partial charge on any atom is 0.335 e. The van der Waals surface area contributed by atoms with Gasteiger partial charge in [-0.15, -0.1) is 0 Å². The van der Waals surface area contributed by atoms with Crippen LogP contribution < -0.4 is 16.2 Å². The fourth-order valence-electron chi connectivity index (χ4n) is 2.04. The highest BCUT2D eigenvalue weighted by Gasteiger charge is 2.19. The summed E-state index contributed by atoms with van der Waals surface area (Å²) >= 11 is 0. The minimum Gasteiger partial charge on any atom is -0.478 e. The topological polar surface area (TPSA) is 170 Å². The third-order valence-electron chi connectivity index (χ3n) is 3.19. The lowest BCUT2D eigenvalue weighted by Gasteiger charge is -2.11. The quantitative estimate of drug-likeness (QED) is 0.578. The van der Waals surface area contributed by atoms with Gasteiger partial charge in [-0.25, -0.2) is 13.2 Å². The Kier molecular flexibility index (Phi) is 4.75. The van der Waals surface area contributed by atoms with Gasteiger partial charge in [-0.05, 0) is 36.4 Å². The van der Waals surface area contributed by atoms with Gasteiger partial charge in [0.15, 0.2) is 0 Å². The summed E-state index contributed by atoms with van der Waals surface area (Å²) < 4.78 is 26.9. The number of benzene rings is 2. The van der Waals surface area contributed by atoms with E-state index < -0.39 is 27.8 Å². The monoisotopic (exact) mass is 363 g/mol. The van der Waals surface area contributed by atoms with Crippen LogP contribution in [0.1, 0.15) is 31.1 Å². The molecule has 25 heavy (non-hydrogen) atoms. The summed E-state index contributed by atoms with van der Waals surface area (Å²) in [7, 11) is -4.13. The first-order chi connectivity index (χ1) is 11.6. The van der Waals surface area contributed by atoms with Crippen LogP contribution in [0, 0.1) is 0 Å². The second kappa shape index (κ2) is 6.61. The van der Waals surface area contributed by atoms with E-state index in [0.29, 0.717) is 0 Å². The van der Waals surface area contributed by atoms with Gasteiger partial charge in [0.2, 0.25) is 11.8 Å². The number of rotatable bonds is 6. The Hall–Kier alpha value is -3.40. The first kappa shape index (κ1) is 17.9. The molecule has 130 valence electrons. The SMILES string of the molecule is NC(=O)c1ccc(NS(=O)(=O)c2cccc(C(=O)O)c2)cc1C(N)=O. The maximum absolute atomic E-state index is 12.4. The third kappa shape index (κ3) is 3.93. The van der Waals surface area contributed by atoms with Crippen molar-refractivity contribution in [2.45, 2.75) is 4.90 Å². The van der Waals surface area contributed by atoms with Crippen LogP contribution in [0.2, 0.25) is 0 Å². The fraction of sp³-hybridized carbons (Fsp3) is 0. The fourth-order valence-corrected chi connectivity index (χ4v) is 3.13. The maximum atomic E-state index is 12.4. The lowest BCUT2D eigenvalue weighted by Crippen LogP contribution is -2.21. The molecule has 0 atom stereocenters. The minimum absolute atomic E-state index is 0.0421. The average molecular weight is 363 g/mol. The van der Waals surface area contributed by atoms with Crippen LogP contribution in [0.5, 0.6) is 0 Å². The number of carbonyl (C=O) groups is 3. The number of hydrogen-bond acceptors (Lipinski definition) is 5. The number of sulfonamides is 1. The number of hydrogen-bond donors (Lipinski definition) is 4. The molecular weight excluding hydrogens is 350 g/mol. The van der Waals surface area contributed by atoms with Crippen molar-refractivity contribution in [3.63, 3.8) is 0 Å². The summed E-state index contributed by atoms with van der Waals surface area (Å²) in [6, 6.07) is 8.18. The van der Waals surface area contributed by atoms with E-state index >= 15 is 0 Å². The lowest BCUT2D eigenvalue weighted by molar-refractivity contribution is 0.0696. The van der Waals surface area contributed by atoms with Crippen LogP contribution in [0.3, 0.4) is 0 Å². The van der Waals surface area contributed by atoms with Crippen LogP contribution in [0.25, 0.3) is 0 Å². The lowest BCUT2D eigenvalue weighted by atomic mass is 10.1. The van der Waals surface area contributed by atoms with Crippen molar-refractivity contribution >= 4 is 33.5 Å². The molecule has 2 aromatic rings. The molecule has 2 aromatic carbocycles. The molecule has 0 fully saturated rings. The molecule has 0 aliphatic rings. The predicted molar refractivity (Wildman–Crippen MR) is 87.7 cm³/mol. The van der Waals surface area contributed by atoms with Crippen LogP contribution in [0.15, 0.2) is 47.4 Å². The molecule has 10 heteroatoms. The molecule has 0 radical (unpaired) electrons. The van der Waals surface area contributed by atoms with Gasteiger partial charge < -0.3 is 16.6 Å². The van der Waals surface area contributed by atoms with Crippen molar-refractivity contribution in [3.8, 4) is 0 Å². The van der Waals surface area contributed by atoms with Gasteiger partial charge in [-0.1, -0.05) is 6.07 Å². The van der Waals surface area contributed by atoms with Gasteiger partial charge >= 0.3 is 5.97 Å². The van der Waals surface area contributed by atoms with E-state index in [4.69, 9.17) is 16.6 Å². The Morgan fingerprint density at radius 3 is 2.12 bits per heavy atom. The number of carboxylic acids is 1. The number of nitrogens with one attached hydrogen (secondary N) is 1. The molecule has 0 bridgehead atoms. The summed E-state index contributed by atoms with van der Waals surface area (Å²) in [4.78, 5) is 33.3. The number of anilines is 1. The van der Waals surface area contributed by atoms with E-state index in [-0.39, 0.29) is 27.3 Å². The highest BCUT2D eigenvalue weighted by Crippen LogP contribution is 2.20. The van der Waals surface area contributed by atoms with E-state index in [1.54, 1.807) is 0 Å². The molecule has 0 saturated heterocycles. The number of carbonyl (C=O) groups excluding carboxylic acids is 2. The normalized spacial score (nSPS) is 10.9. The van der Waals surface area contributed by atoms with Crippen LogP contribution in [0.4, 0.5) is 5.69 Å². The minimum atomic E-state index is -4.13. The predicted octanol–water partition coefficient (Wildman–Crippen LogP) is 0.383. The Morgan fingerprint density at radius 1 is 0.920 bits per heavy atom. The highest BCUT2D eigenvalue weighted by molar-refractivity contribution is 7.92. The summed E-state index contributed by atoms with van der Waals surface area (Å²) in [6.07, 6.45) is 0. The first-order valence-electron chi connectivity index (χ1n) is 6.71. The zero-order valence-electron chi connectivity index (χ0n) is 12.6. The number of nitrogens with two attached hydrogens (primary N) is 2. The molecule has 0 unspecified atom stereocenters. The second-order valence-corrected chi connectivity index (χ2v) is 6.61. The van der Waals surface area contributed by atoms with Crippen molar-refractivity contribution < 1.29 is 27.9 Å². The largest absolute Gasteiger partial charge is 0.478 e. The van der Waals surface area contributed by atoms with Gasteiger partial charge in [0, 0.05) is 5.69 Å². The standard InChI is InChI=1S/C15H13N3O6S/c16-13(19)11-5-4-9(7-12(11)14(17)20)18-25(23,24)10-3-1-2-8(6-10)15(21)22/h1-7,18H,(H2,16,19)(H2,17,20)(H,21,22). The number of amides is 2. The molecule has 6 N–H and O–H groups in total. The molecule has 0 saturated carbocycles. The van der Waals surface area contributed by atoms with Gasteiger partial charge in [-0.2, -0.15) is 0 Å². The molecule has 0 aliphatic carbocycles. The molecular formula is C15H13N3O6S. The average Bonchev–Trinajstić information content (AvgIpc) is 2.54. The molecule has 2 amide bonds.